The minimum absolute atomic E-state index is 0.265. The molecular weight excluding hydrogens is 382 g/mol. The molecule has 6 heteroatoms. The van der Waals surface area contributed by atoms with Crippen molar-refractivity contribution in [3.8, 4) is 0 Å². The van der Waals surface area contributed by atoms with Crippen molar-refractivity contribution in [1.82, 2.24) is 0 Å². The van der Waals surface area contributed by atoms with Crippen LogP contribution < -0.4 is 5.73 Å². The smallest absolute Gasteiger partial charge is 0.338 e. The molecule has 1 heterocycles. The Hall–Kier alpha value is -0.850. The Morgan fingerprint density at radius 2 is 2.00 bits per heavy atom. The average molecular weight is 391 g/mol. The Bertz CT molecular complexity index is 563. The maximum atomic E-state index is 11.8. The summed E-state index contributed by atoms with van der Waals surface area (Å²) in [6.45, 7) is 0.265. The number of halogens is 2. The zero-order chi connectivity index (χ0) is 13.1. The molecule has 0 bridgehead atoms. The second-order valence-electron chi connectivity index (χ2n) is 3.58. The highest BCUT2D eigenvalue weighted by Crippen LogP contribution is 2.22. The summed E-state index contributed by atoms with van der Waals surface area (Å²) in [6.07, 6.45) is 0. The van der Waals surface area contributed by atoms with E-state index in [1.807, 2.05) is 11.4 Å². The summed E-state index contributed by atoms with van der Waals surface area (Å²) in [4.78, 5) is 12.8. The van der Waals surface area contributed by atoms with E-state index in [4.69, 9.17) is 10.5 Å². The van der Waals surface area contributed by atoms with Gasteiger partial charge in [-0.15, -0.1) is 11.3 Å². The fourth-order valence-electron chi connectivity index (χ4n) is 1.38. The Morgan fingerprint density at radius 3 is 2.61 bits per heavy atom. The minimum Gasteiger partial charge on any atom is -0.456 e. The van der Waals surface area contributed by atoms with Gasteiger partial charge in [0, 0.05) is 24.9 Å². The molecule has 2 rings (SSSR count). The van der Waals surface area contributed by atoms with E-state index in [2.05, 4.69) is 31.9 Å². The number of anilines is 1. The molecule has 2 N–H and O–H groups in total. The largest absolute Gasteiger partial charge is 0.456 e. The van der Waals surface area contributed by atoms with Crippen LogP contribution >= 0.6 is 43.2 Å². The van der Waals surface area contributed by atoms with Crippen LogP contribution in [0.3, 0.4) is 0 Å². The lowest BCUT2D eigenvalue weighted by Gasteiger charge is -2.04. The number of ether oxygens (including phenoxy) is 1. The molecule has 0 fully saturated rings. The topological polar surface area (TPSA) is 52.3 Å². The van der Waals surface area contributed by atoms with Crippen molar-refractivity contribution in [2.24, 2.45) is 0 Å². The Morgan fingerprint density at radius 1 is 1.22 bits per heavy atom. The fourth-order valence-corrected chi connectivity index (χ4v) is 3.25. The number of nitrogens with two attached hydrogens (primary N) is 1. The Labute approximate surface area is 125 Å². The van der Waals surface area contributed by atoms with E-state index in [-0.39, 0.29) is 12.6 Å². The van der Waals surface area contributed by atoms with Crippen LogP contribution in [0.5, 0.6) is 0 Å². The third-order valence-electron chi connectivity index (χ3n) is 2.12. The van der Waals surface area contributed by atoms with Gasteiger partial charge in [-0.05, 0) is 40.2 Å². The highest BCUT2D eigenvalue weighted by molar-refractivity contribution is 9.10. The van der Waals surface area contributed by atoms with Gasteiger partial charge in [0.15, 0.2) is 0 Å². The zero-order valence-corrected chi connectivity index (χ0v) is 13.1. The highest BCUT2D eigenvalue weighted by atomic mass is 79.9. The number of rotatable bonds is 3. The molecule has 0 spiro atoms. The molecule has 0 aliphatic heterocycles. The summed E-state index contributed by atoms with van der Waals surface area (Å²) in [6, 6.07) is 6.93. The lowest BCUT2D eigenvalue weighted by molar-refractivity contribution is 0.0477. The average Bonchev–Trinajstić information content (AvgIpc) is 2.70. The van der Waals surface area contributed by atoms with Gasteiger partial charge in [0.25, 0.3) is 0 Å². The summed E-state index contributed by atoms with van der Waals surface area (Å²) in [5, 5.41) is 1.94. The normalized spacial score (nSPS) is 10.3. The zero-order valence-electron chi connectivity index (χ0n) is 9.15. The van der Waals surface area contributed by atoms with Crippen LogP contribution in [0.4, 0.5) is 5.69 Å². The van der Waals surface area contributed by atoms with Crippen LogP contribution in [0.15, 0.2) is 38.6 Å². The summed E-state index contributed by atoms with van der Waals surface area (Å²) in [5.41, 5.74) is 6.63. The molecule has 94 valence electrons. The number of esters is 1. The van der Waals surface area contributed by atoms with Gasteiger partial charge in [0.1, 0.15) is 6.61 Å². The number of carbonyl (C=O) groups is 1. The monoisotopic (exact) mass is 389 g/mol. The Balaban J connectivity index is 2.03. The van der Waals surface area contributed by atoms with Crippen LogP contribution in [0.1, 0.15) is 15.2 Å². The van der Waals surface area contributed by atoms with Crippen LogP contribution in [-0.2, 0) is 11.3 Å². The van der Waals surface area contributed by atoms with Crippen molar-refractivity contribution in [3.05, 3.63) is 49.0 Å². The van der Waals surface area contributed by atoms with Gasteiger partial charge in [0.2, 0.25) is 0 Å². The first kappa shape index (κ1) is 13.6. The van der Waals surface area contributed by atoms with Gasteiger partial charge in [0.05, 0.1) is 5.56 Å². The number of thiophene rings is 1. The number of benzene rings is 1. The first-order valence-electron chi connectivity index (χ1n) is 5.01. The van der Waals surface area contributed by atoms with Crippen molar-refractivity contribution < 1.29 is 9.53 Å². The van der Waals surface area contributed by atoms with E-state index >= 15 is 0 Å². The fraction of sp³-hybridized carbons (Fsp3) is 0.0833. The van der Waals surface area contributed by atoms with Crippen LogP contribution in [-0.4, -0.2) is 5.97 Å². The molecule has 1 aromatic heterocycles. The number of nitrogen functional groups attached to an aromatic ring is 1. The number of hydrogen-bond acceptors (Lipinski definition) is 4. The predicted octanol–water partition coefficient (Wildman–Crippen LogP) is 4.21. The molecule has 0 radical (unpaired) electrons. The van der Waals surface area contributed by atoms with Crippen molar-refractivity contribution in [3.63, 3.8) is 0 Å². The third-order valence-corrected chi connectivity index (χ3v) is 4.25. The molecule has 0 aliphatic carbocycles. The van der Waals surface area contributed by atoms with E-state index < -0.39 is 0 Å². The maximum absolute atomic E-state index is 11.8. The number of carbonyl (C=O) groups excluding carboxylic acids is 1. The molecule has 0 aliphatic rings. The van der Waals surface area contributed by atoms with Gasteiger partial charge in [-0.1, -0.05) is 15.9 Å². The molecule has 3 nitrogen and oxygen atoms in total. The molecular formula is C12H9Br2NO2S. The summed E-state index contributed by atoms with van der Waals surface area (Å²) in [5.74, 6) is -0.382. The molecule has 0 amide bonds. The van der Waals surface area contributed by atoms with Crippen LogP contribution in [0, 0.1) is 0 Å². The molecule has 0 saturated carbocycles. The summed E-state index contributed by atoms with van der Waals surface area (Å²) >= 11 is 8.17. The standard InChI is InChI=1S/C12H9Br2NO2S/c13-8-1-7(2-10(15)3-8)12(16)17-5-11-4-9(14)6-18-11/h1-4,6H,5,15H2. The van der Waals surface area contributed by atoms with E-state index in [1.54, 1.807) is 18.2 Å². The second-order valence-corrected chi connectivity index (χ2v) is 6.41. The SMILES string of the molecule is Nc1cc(Br)cc(C(=O)OCc2cc(Br)cs2)c1. The summed E-state index contributed by atoms with van der Waals surface area (Å²) < 4.78 is 6.96. The van der Waals surface area contributed by atoms with Crippen molar-refractivity contribution in [2.45, 2.75) is 6.61 Å². The number of hydrogen-bond donors (Lipinski definition) is 1. The molecule has 0 saturated heterocycles. The van der Waals surface area contributed by atoms with Gasteiger partial charge >= 0.3 is 5.97 Å². The van der Waals surface area contributed by atoms with E-state index in [0.29, 0.717) is 11.3 Å². The Kier molecular flexibility index (Phi) is 4.42. The molecule has 2 aromatic rings. The van der Waals surface area contributed by atoms with E-state index in [9.17, 15) is 4.79 Å². The van der Waals surface area contributed by atoms with Gasteiger partial charge < -0.3 is 10.5 Å². The second kappa shape index (κ2) is 5.86. The molecule has 18 heavy (non-hydrogen) atoms. The van der Waals surface area contributed by atoms with Crippen molar-refractivity contribution >= 4 is 54.9 Å². The van der Waals surface area contributed by atoms with Gasteiger partial charge in [-0.2, -0.15) is 0 Å². The third kappa shape index (κ3) is 3.57. The molecule has 0 unspecified atom stereocenters. The quantitative estimate of drug-likeness (QED) is 0.630. The summed E-state index contributed by atoms with van der Waals surface area (Å²) in [7, 11) is 0. The minimum atomic E-state index is -0.382. The molecule has 1 aromatic carbocycles. The van der Waals surface area contributed by atoms with Crippen LogP contribution in [0.2, 0.25) is 0 Å². The van der Waals surface area contributed by atoms with Crippen molar-refractivity contribution in [2.75, 3.05) is 5.73 Å². The first-order valence-corrected chi connectivity index (χ1v) is 7.47. The van der Waals surface area contributed by atoms with Gasteiger partial charge in [-0.3, -0.25) is 0 Å². The predicted molar refractivity (Wildman–Crippen MR) is 79.7 cm³/mol. The highest BCUT2D eigenvalue weighted by Gasteiger charge is 2.09. The maximum Gasteiger partial charge on any atom is 0.338 e. The first-order chi connectivity index (χ1) is 8.54. The van der Waals surface area contributed by atoms with Crippen LogP contribution in [0.25, 0.3) is 0 Å². The lowest BCUT2D eigenvalue weighted by Crippen LogP contribution is -2.05. The van der Waals surface area contributed by atoms with E-state index in [0.717, 1.165) is 13.8 Å². The van der Waals surface area contributed by atoms with E-state index in [1.165, 1.54) is 11.3 Å². The lowest BCUT2D eigenvalue weighted by atomic mass is 10.2. The van der Waals surface area contributed by atoms with Crippen molar-refractivity contribution in [1.29, 1.82) is 0 Å². The molecule has 0 atom stereocenters. The van der Waals surface area contributed by atoms with Gasteiger partial charge in [-0.25, -0.2) is 4.79 Å².